The molecule has 10 nitrogen and oxygen atoms in total. The summed E-state index contributed by atoms with van der Waals surface area (Å²) < 4.78 is 16.5. The van der Waals surface area contributed by atoms with Gasteiger partial charge in [0.05, 0.1) is 0 Å². The van der Waals surface area contributed by atoms with Gasteiger partial charge in [0.1, 0.15) is 18.3 Å². The average molecular weight is 342 g/mol. The van der Waals surface area contributed by atoms with Gasteiger partial charge in [-0.25, -0.2) is 4.79 Å². The third-order valence-electron chi connectivity index (χ3n) is 3.56. The Bertz CT molecular complexity index is 750. The number of hydrogen-bond acceptors (Lipinski definition) is 8. The van der Waals surface area contributed by atoms with Gasteiger partial charge in [0, 0.05) is 26.1 Å². The van der Waals surface area contributed by atoms with E-state index in [1.807, 2.05) is 4.98 Å². The summed E-state index contributed by atoms with van der Waals surface area (Å²) in [5.74, 6) is -1.25. The van der Waals surface area contributed by atoms with Crippen molar-refractivity contribution in [2.24, 2.45) is 0 Å². The molecule has 0 aliphatic carbocycles. The fraction of sp³-hybridized carbons (Fsp3) is 0.571. The molecule has 1 aliphatic heterocycles. The monoisotopic (exact) mass is 342 g/mol. The lowest BCUT2D eigenvalue weighted by Gasteiger charge is -2.29. The second-order valence-corrected chi connectivity index (χ2v) is 5.60. The molecule has 1 fully saturated rings. The van der Waals surface area contributed by atoms with Crippen LogP contribution in [-0.4, -0.2) is 51.0 Å². The lowest BCUT2D eigenvalue weighted by Crippen LogP contribution is -2.48. The number of carbonyl (C=O) groups excluding carboxylic acids is 2. The van der Waals surface area contributed by atoms with Gasteiger partial charge in [0.2, 0.25) is 0 Å². The fourth-order valence-electron chi connectivity index (χ4n) is 2.55. The molecule has 10 heteroatoms. The Morgan fingerprint density at radius 2 is 2.04 bits per heavy atom. The lowest BCUT2D eigenvalue weighted by atomic mass is 9.96. The maximum Gasteiger partial charge on any atom is 0.330 e. The Hall–Kier alpha value is -2.46. The molecule has 24 heavy (non-hydrogen) atoms. The minimum Gasteiger partial charge on any atom is -0.463 e. The van der Waals surface area contributed by atoms with Crippen molar-refractivity contribution in [3.8, 4) is 0 Å². The Balaban J connectivity index is 2.38. The zero-order valence-corrected chi connectivity index (χ0v) is 13.3. The summed E-state index contributed by atoms with van der Waals surface area (Å²) in [5, 5.41) is 10.8. The molecule has 0 aromatic carbocycles. The van der Waals surface area contributed by atoms with E-state index in [1.54, 1.807) is 0 Å². The molecule has 1 aromatic heterocycles. The molecule has 0 spiro atoms. The Labute approximate surface area is 136 Å². The number of H-pyrrole nitrogens is 1. The van der Waals surface area contributed by atoms with E-state index in [2.05, 4.69) is 0 Å². The van der Waals surface area contributed by atoms with Crippen molar-refractivity contribution in [2.45, 2.75) is 44.8 Å². The van der Waals surface area contributed by atoms with Crippen molar-refractivity contribution in [1.29, 1.82) is 0 Å². The van der Waals surface area contributed by atoms with Crippen molar-refractivity contribution in [1.82, 2.24) is 9.55 Å². The number of aromatic amines is 1. The van der Waals surface area contributed by atoms with Gasteiger partial charge in [-0.2, -0.15) is 0 Å². The van der Waals surface area contributed by atoms with E-state index in [-0.39, 0.29) is 6.61 Å². The molecule has 0 radical (unpaired) electrons. The smallest absolute Gasteiger partial charge is 0.330 e. The van der Waals surface area contributed by atoms with E-state index in [0.29, 0.717) is 0 Å². The third-order valence-corrected chi connectivity index (χ3v) is 3.56. The quantitative estimate of drug-likeness (QED) is 0.643. The largest absolute Gasteiger partial charge is 0.463 e. The van der Waals surface area contributed by atoms with Crippen LogP contribution in [0.15, 0.2) is 21.9 Å². The van der Waals surface area contributed by atoms with Crippen LogP contribution in [0.5, 0.6) is 0 Å². The Morgan fingerprint density at radius 3 is 2.58 bits per heavy atom. The van der Waals surface area contributed by atoms with Crippen LogP contribution in [-0.2, 0) is 23.8 Å². The van der Waals surface area contributed by atoms with Gasteiger partial charge < -0.3 is 19.3 Å². The van der Waals surface area contributed by atoms with E-state index in [9.17, 15) is 24.3 Å². The highest BCUT2D eigenvalue weighted by Crippen LogP contribution is 2.39. The van der Waals surface area contributed by atoms with Gasteiger partial charge in [-0.15, -0.1) is 0 Å². The van der Waals surface area contributed by atoms with Gasteiger partial charge in [-0.3, -0.25) is 23.9 Å². The van der Waals surface area contributed by atoms with E-state index in [4.69, 9.17) is 14.2 Å². The van der Waals surface area contributed by atoms with Crippen LogP contribution in [0.1, 0.15) is 27.0 Å². The number of aromatic nitrogens is 2. The molecule has 0 bridgehead atoms. The SMILES string of the molecule is CC(=O)OC[C@H]1O[C@@H](n2ccc(=O)[nH]c2=O)[C@](C)(O)[C@@H]1OC(C)=O. The van der Waals surface area contributed by atoms with E-state index < -0.39 is 47.2 Å². The molecule has 0 unspecified atom stereocenters. The first-order valence-electron chi connectivity index (χ1n) is 7.13. The molecule has 1 aromatic rings. The van der Waals surface area contributed by atoms with Crippen molar-refractivity contribution in [3.05, 3.63) is 33.1 Å². The maximum atomic E-state index is 11.9. The van der Waals surface area contributed by atoms with Crippen molar-refractivity contribution in [2.75, 3.05) is 6.61 Å². The first-order chi connectivity index (χ1) is 11.1. The molecular weight excluding hydrogens is 324 g/mol. The molecule has 4 atom stereocenters. The summed E-state index contributed by atoms with van der Waals surface area (Å²) in [7, 11) is 0. The molecule has 0 saturated carbocycles. The Kier molecular flexibility index (Phi) is 4.90. The van der Waals surface area contributed by atoms with Crippen LogP contribution in [0, 0.1) is 0 Å². The van der Waals surface area contributed by atoms with E-state index in [0.717, 1.165) is 23.8 Å². The van der Waals surface area contributed by atoms with Crippen LogP contribution in [0.25, 0.3) is 0 Å². The zero-order valence-electron chi connectivity index (χ0n) is 13.3. The van der Waals surface area contributed by atoms with Crippen molar-refractivity contribution >= 4 is 11.9 Å². The number of ether oxygens (including phenoxy) is 3. The van der Waals surface area contributed by atoms with Crippen LogP contribution < -0.4 is 11.2 Å². The molecule has 132 valence electrons. The van der Waals surface area contributed by atoms with Gasteiger partial charge in [0.15, 0.2) is 12.3 Å². The number of nitrogens with zero attached hydrogens (tertiary/aromatic N) is 1. The minimum absolute atomic E-state index is 0.280. The first kappa shape index (κ1) is 17.9. The minimum atomic E-state index is -1.81. The number of hydrogen-bond donors (Lipinski definition) is 2. The third kappa shape index (κ3) is 3.54. The molecule has 2 rings (SSSR count). The second kappa shape index (κ2) is 6.57. The average Bonchev–Trinajstić information content (AvgIpc) is 2.68. The number of aliphatic hydroxyl groups is 1. The number of carbonyl (C=O) groups is 2. The van der Waals surface area contributed by atoms with Crippen molar-refractivity contribution < 1.29 is 28.9 Å². The highest BCUT2D eigenvalue weighted by atomic mass is 16.6. The normalized spacial score (nSPS) is 29.2. The lowest BCUT2D eigenvalue weighted by molar-refractivity contribution is -0.163. The van der Waals surface area contributed by atoms with Crippen LogP contribution >= 0.6 is 0 Å². The van der Waals surface area contributed by atoms with E-state index in [1.165, 1.54) is 13.8 Å². The second-order valence-electron chi connectivity index (χ2n) is 5.60. The van der Waals surface area contributed by atoms with Crippen LogP contribution in [0.2, 0.25) is 0 Å². The number of nitrogens with one attached hydrogen (secondary N) is 1. The molecule has 2 heterocycles. The predicted octanol–water partition coefficient (Wildman–Crippen LogP) is -1.32. The van der Waals surface area contributed by atoms with Gasteiger partial charge in [-0.1, -0.05) is 0 Å². The molecule has 2 N–H and O–H groups in total. The van der Waals surface area contributed by atoms with Gasteiger partial charge in [0.25, 0.3) is 5.56 Å². The van der Waals surface area contributed by atoms with Crippen molar-refractivity contribution in [3.63, 3.8) is 0 Å². The van der Waals surface area contributed by atoms with E-state index >= 15 is 0 Å². The molecular formula is C14H18N2O8. The summed E-state index contributed by atoms with van der Waals surface area (Å²) >= 11 is 0. The zero-order chi connectivity index (χ0) is 18.1. The maximum absolute atomic E-state index is 11.9. The topological polar surface area (TPSA) is 137 Å². The Morgan fingerprint density at radius 1 is 1.38 bits per heavy atom. The van der Waals surface area contributed by atoms with Gasteiger partial charge >= 0.3 is 17.6 Å². The summed E-state index contributed by atoms with van der Waals surface area (Å²) in [4.78, 5) is 47.5. The summed E-state index contributed by atoms with van der Waals surface area (Å²) in [5.41, 5.74) is -3.22. The standard InChI is InChI=1S/C14H18N2O8/c1-7(17)22-6-9-11(23-8(2)18)14(3,21)12(24-9)16-5-4-10(19)15-13(16)20/h4-5,9,11-12,21H,6H2,1-3H3,(H,15,19,20)/t9-,11-,12-,14-/m1/s1. The first-order valence-corrected chi connectivity index (χ1v) is 7.13. The summed E-state index contributed by atoms with van der Waals surface area (Å²) in [6.45, 7) is 3.38. The summed E-state index contributed by atoms with van der Waals surface area (Å²) in [6.07, 6.45) is -2.28. The van der Waals surface area contributed by atoms with Crippen LogP contribution in [0.4, 0.5) is 0 Å². The van der Waals surface area contributed by atoms with Crippen LogP contribution in [0.3, 0.4) is 0 Å². The number of rotatable bonds is 4. The molecule has 1 saturated heterocycles. The van der Waals surface area contributed by atoms with Gasteiger partial charge in [-0.05, 0) is 6.92 Å². The summed E-state index contributed by atoms with van der Waals surface area (Å²) in [6, 6.07) is 1.08. The fourth-order valence-corrected chi connectivity index (χ4v) is 2.55. The molecule has 0 amide bonds. The highest BCUT2D eigenvalue weighted by Gasteiger charge is 2.56. The highest BCUT2D eigenvalue weighted by molar-refractivity contribution is 5.66. The number of esters is 2. The predicted molar refractivity (Wildman–Crippen MR) is 78.0 cm³/mol. The molecule has 1 aliphatic rings.